The molecule has 0 bridgehead atoms. The number of hydrogen-bond donors (Lipinski definition) is 1. The monoisotopic (exact) mass is 296 g/mol. The number of quaternary nitrogens is 1. The van der Waals surface area contributed by atoms with Crippen molar-refractivity contribution in [3.8, 4) is 0 Å². The number of halogens is 1. The first-order chi connectivity index (χ1) is 7.17. The van der Waals surface area contributed by atoms with Crippen LogP contribution < -0.4 is 0 Å². The van der Waals surface area contributed by atoms with Crippen molar-refractivity contribution in [1.82, 2.24) is 0 Å². The molecule has 2 atom stereocenters. The zero-order chi connectivity index (χ0) is 12.9. The van der Waals surface area contributed by atoms with Crippen LogP contribution in [0.5, 0.6) is 0 Å². The number of carboxylic acids is 1. The predicted molar refractivity (Wildman–Crippen MR) is 63.4 cm³/mol. The third-order valence-corrected chi connectivity index (χ3v) is 2.84. The molecule has 16 heavy (non-hydrogen) atoms. The Kier molecular flexibility index (Phi) is 5.96. The van der Waals surface area contributed by atoms with E-state index in [1.807, 2.05) is 21.1 Å². The number of hydrogen-bond acceptors (Lipinski definition) is 3. The van der Waals surface area contributed by atoms with Crippen LogP contribution in [0.4, 0.5) is 0 Å². The molecule has 0 aromatic rings. The first-order valence-electron chi connectivity index (χ1n) is 5.04. The van der Waals surface area contributed by atoms with Crippen LogP contribution in [-0.2, 0) is 14.3 Å². The van der Waals surface area contributed by atoms with Crippen LogP contribution in [0.1, 0.15) is 13.3 Å². The van der Waals surface area contributed by atoms with E-state index < -0.39 is 16.9 Å². The molecule has 0 spiro atoms. The minimum absolute atomic E-state index is 0.243. The summed E-state index contributed by atoms with van der Waals surface area (Å²) in [5.41, 5.74) is 0. The number of alkyl halides is 1. The molecule has 5 nitrogen and oxygen atoms in total. The largest absolute Gasteiger partial charge is 0.480 e. The van der Waals surface area contributed by atoms with E-state index in [1.54, 1.807) is 6.92 Å². The Bertz CT molecular complexity index is 262. The van der Waals surface area contributed by atoms with Crippen LogP contribution in [0.15, 0.2) is 0 Å². The molecule has 0 radical (unpaired) electrons. The standard InChI is InChI=1S/C10H18BrNO4/c1-5-8(13)16-7(6-12(2,3)4)9(11)10(14)15/h7,9H,5-6H2,1-4H3/p+1. The van der Waals surface area contributed by atoms with Crippen molar-refractivity contribution < 1.29 is 23.9 Å². The van der Waals surface area contributed by atoms with Crippen molar-refractivity contribution in [2.75, 3.05) is 27.7 Å². The summed E-state index contributed by atoms with van der Waals surface area (Å²) in [5, 5.41) is 8.89. The van der Waals surface area contributed by atoms with Gasteiger partial charge in [-0.15, -0.1) is 0 Å². The number of ether oxygens (including phenoxy) is 1. The first kappa shape index (κ1) is 15.4. The lowest BCUT2D eigenvalue weighted by molar-refractivity contribution is -0.873. The third kappa shape index (κ3) is 6.07. The fourth-order valence-corrected chi connectivity index (χ4v) is 1.42. The van der Waals surface area contributed by atoms with Crippen molar-refractivity contribution in [3.63, 3.8) is 0 Å². The summed E-state index contributed by atoms with van der Waals surface area (Å²) in [6, 6.07) is 0. The van der Waals surface area contributed by atoms with Gasteiger partial charge in [0.2, 0.25) is 0 Å². The number of carboxylic acid groups (broad SMARTS) is 1. The Balaban J connectivity index is 4.63. The SMILES string of the molecule is CCC(=O)OC(C[N+](C)(C)C)C(Br)C(=O)O. The van der Waals surface area contributed by atoms with E-state index in [4.69, 9.17) is 9.84 Å². The molecule has 0 rings (SSSR count). The molecular formula is C10H19BrNO4+. The van der Waals surface area contributed by atoms with E-state index in [0.717, 1.165) is 0 Å². The van der Waals surface area contributed by atoms with Crippen molar-refractivity contribution in [1.29, 1.82) is 0 Å². The molecule has 2 unspecified atom stereocenters. The molecule has 6 heteroatoms. The van der Waals surface area contributed by atoms with Gasteiger partial charge in [0.1, 0.15) is 6.54 Å². The van der Waals surface area contributed by atoms with E-state index >= 15 is 0 Å². The van der Waals surface area contributed by atoms with Crippen molar-refractivity contribution in [2.24, 2.45) is 0 Å². The lowest BCUT2D eigenvalue weighted by Gasteiger charge is -2.30. The zero-order valence-corrected chi connectivity index (χ0v) is 11.7. The molecular weight excluding hydrogens is 278 g/mol. The second-order valence-electron chi connectivity index (χ2n) is 4.59. The molecule has 0 saturated carbocycles. The summed E-state index contributed by atoms with van der Waals surface area (Å²) in [6.45, 7) is 2.11. The summed E-state index contributed by atoms with van der Waals surface area (Å²) in [7, 11) is 5.73. The first-order valence-corrected chi connectivity index (χ1v) is 5.95. The lowest BCUT2D eigenvalue weighted by Crippen LogP contribution is -2.48. The van der Waals surface area contributed by atoms with Crippen LogP contribution in [-0.4, -0.2) is 60.1 Å². The molecule has 94 valence electrons. The number of rotatable bonds is 6. The molecule has 0 aliphatic carbocycles. The molecule has 0 aromatic heterocycles. The maximum Gasteiger partial charge on any atom is 0.321 e. The van der Waals surface area contributed by atoms with Gasteiger partial charge in [-0.25, -0.2) is 0 Å². The minimum Gasteiger partial charge on any atom is -0.480 e. The number of nitrogens with zero attached hydrogens (tertiary/aromatic N) is 1. The maximum absolute atomic E-state index is 11.2. The highest BCUT2D eigenvalue weighted by atomic mass is 79.9. The van der Waals surface area contributed by atoms with Crippen molar-refractivity contribution in [2.45, 2.75) is 24.3 Å². The fraction of sp³-hybridized carbons (Fsp3) is 0.800. The summed E-state index contributed by atoms with van der Waals surface area (Å²) in [5.74, 6) is -1.41. The van der Waals surface area contributed by atoms with Crippen LogP contribution >= 0.6 is 15.9 Å². The Labute approximate surface area is 104 Å². The van der Waals surface area contributed by atoms with Gasteiger partial charge in [-0.2, -0.15) is 0 Å². The molecule has 0 aliphatic heterocycles. The highest BCUT2D eigenvalue weighted by Crippen LogP contribution is 2.14. The Morgan fingerprint density at radius 1 is 1.38 bits per heavy atom. The maximum atomic E-state index is 11.2. The number of carbonyl (C=O) groups is 2. The van der Waals surface area contributed by atoms with Gasteiger partial charge in [0.25, 0.3) is 0 Å². The summed E-state index contributed by atoms with van der Waals surface area (Å²) in [4.78, 5) is 21.2. The molecule has 0 aromatic carbocycles. The normalized spacial score (nSPS) is 15.3. The van der Waals surface area contributed by atoms with E-state index in [1.165, 1.54) is 0 Å². The topological polar surface area (TPSA) is 63.6 Å². The van der Waals surface area contributed by atoms with Gasteiger partial charge >= 0.3 is 11.9 Å². The van der Waals surface area contributed by atoms with Gasteiger partial charge in [-0.1, -0.05) is 22.9 Å². The van der Waals surface area contributed by atoms with Gasteiger partial charge in [-0.05, 0) is 0 Å². The Morgan fingerprint density at radius 3 is 2.19 bits per heavy atom. The van der Waals surface area contributed by atoms with E-state index in [-0.39, 0.29) is 12.4 Å². The minimum atomic E-state index is -1.03. The molecule has 0 amide bonds. The van der Waals surface area contributed by atoms with Crippen LogP contribution in [0.25, 0.3) is 0 Å². The predicted octanol–water partition coefficient (Wildman–Crippen LogP) is 0.862. The van der Waals surface area contributed by atoms with E-state index in [0.29, 0.717) is 11.0 Å². The average Bonchev–Trinajstić information content (AvgIpc) is 2.13. The zero-order valence-electron chi connectivity index (χ0n) is 10.1. The van der Waals surface area contributed by atoms with Gasteiger partial charge < -0.3 is 14.3 Å². The van der Waals surface area contributed by atoms with Crippen LogP contribution in [0.3, 0.4) is 0 Å². The fourth-order valence-electron chi connectivity index (χ4n) is 1.14. The number of esters is 1. The van der Waals surface area contributed by atoms with E-state index in [2.05, 4.69) is 15.9 Å². The van der Waals surface area contributed by atoms with Crippen LogP contribution in [0.2, 0.25) is 0 Å². The molecule has 1 N–H and O–H groups in total. The highest BCUT2D eigenvalue weighted by Gasteiger charge is 2.33. The Hall–Kier alpha value is -0.620. The van der Waals surface area contributed by atoms with Gasteiger partial charge in [-0.3, -0.25) is 9.59 Å². The molecule has 0 saturated heterocycles. The second kappa shape index (κ2) is 6.20. The molecule has 0 aliphatic rings. The van der Waals surface area contributed by atoms with Gasteiger partial charge in [0, 0.05) is 6.42 Å². The highest BCUT2D eigenvalue weighted by molar-refractivity contribution is 9.10. The number of carbonyl (C=O) groups excluding carboxylic acids is 1. The smallest absolute Gasteiger partial charge is 0.321 e. The van der Waals surface area contributed by atoms with Crippen LogP contribution in [0, 0.1) is 0 Å². The van der Waals surface area contributed by atoms with E-state index in [9.17, 15) is 9.59 Å². The summed E-state index contributed by atoms with van der Waals surface area (Å²) >= 11 is 3.03. The quantitative estimate of drug-likeness (QED) is 0.449. The molecule has 0 fully saturated rings. The number of likely N-dealkylation sites (N-methyl/N-ethyl adjacent to an activating group) is 1. The van der Waals surface area contributed by atoms with Gasteiger partial charge in [0.05, 0.1) is 21.1 Å². The third-order valence-electron chi connectivity index (χ3n) is 1.86. The molecule has 0 heterocycles. The van der Waals surface area contributed by atoms with Gasteiger partial charge in [0.15, 0.2) is 10.9 Å². The lowest BCUT2D eigenvalue weighted by atomic mass is 10.2. The van der Waals surface area contributed by atoms with Crippen molar-refractivity contribution >= 4 is 27.9 Å². The Morgan fingerprint density at radius 2 is 1.88 bits per heavy atom. The summed E-state index contributed by atoms with van der Waals surface area (Å²) in [6.07, 6.45) is -0.419. The number of aliphatic carboxylic acids is 1. The average molecular weight is 297 g/mol. The van der Waals surface area contributed by atoms with Crippen molar-refractivity contribution in [3.05, 3.63) is 0 Å². The second-order valence-corrected chi connectivity index (χ2v) is 5.58. The summed E-state index contributed by atoms with van der Waals surface area (Å²) < 4.78 is 5.64.